The van der Waals surface area contributed by atoms with Crippen molar-refractivity contribution >= 4 is 34.2 Å². The van der Waals surface area contributed by atoms with Crippen LogP contribution in [0.3, 0.4) is 0 Å². The minimum Gasteiger partial charge on any atom is -0.473 e. The Morgan fingerprint density at radius 1 is 1.04 bits per heavy atom. The van der Waals surface area contributed by atoms with Crippen LogP contribution in [-0.2, 0) is 24.4 Å². The number of fused-ring (bicyclic) bond motifs is 1. The van der Waals surface area contributed by atoms with Crippen molar-refractivity contribution in [3.05, 3.63) is 107 Å². The first kappa shape index (κ1) is 30.2. The molecule has 0 saturated carbocycles. The molecule has 2 aromatic carbocycles. The van der Waals surface area contributed by atoms with Crippen molar-refractivity contribution in [2.24, 2.45) is 0 Å². The van der Waals surface area contributed by atoms with E-state index in [0.29, 0.717) is 40.2 Å². The number of benzene rings is 2. The van der Waals surface area contributed by atoms with Gasteiger partial charge in [0, 0.05) is 53.0 Å². The van der Waals surface area contributed by atoms with Crippen LogP contribution < -0.4 is 10.1 Å². The number of likely N-dealkylation sites (tertiary alicyclic amines) is 1. The van der Waals surface area contributed by atoms with Gasteiger partial charge in [-0.2, -0.15) is 0 Å². The first-order chi connectivity index (χ1) is 22.5. The molecule has 5 heterocycles. The van der Waals surface area contributed by atoms with Crippen molar-refractivity contribution in [3.63, 3.8) is 0 Å². The Labute approximate surface area is 270 Å². The number of pyridine rings is 1. The highest BCUT2D eigenvalue weighted by Crippen LogP contribution is 2.30. The molecule has 2 aliphatic rings. The first-order valence-corrected chi connectivity index (χ1v) is 15.8. The number of piperidine rings is 1. The molecule has 10 nitrogen and oxygen atoms in total. The number of rotatable bonds is 10. The summed E-state index contributed by atoms with van der Waals surface area (Å²) >= 11 is 5.87. The lowest BCUT2D eigenvalue weighted by molar-refractivity contribution is -0.0592. The molecule has 0 spiro atoms. The highest BCUT2D eigenvalue weighted by Gasteiger charge is 2.26. The van der Waals surface area contributed by atoms with E-state index in [1.807, 2.05) is 30.3 Å². The summed E-state index contributed by atoms with van der Waals surface area (Å²) in [5.74, 6) is 1.10. The molecule has 7 rings (SSSR count). The van der Waals surface area contributed by atoms with Crippen molar-refractivity contribution in [1.29, 1.82) is 0 Å². The van der Waals surface area contributed by atoms with Crippen molar-refractivity contribution in [2.75, 3.05) is 25.0 Å². The van der Waals surface area contributed by atoms with Crippen molar-refractivity contribution in [3.8, 4) is 5.88 Å². The lowest BCUT2D eigenvalue weighted by Gasteiger charge is -2.32. The molecule has 3 aromatic heterocycles. The number of nitrogens with zero attached hydrogens (tertiary/aromatic N) is 6. The van der Waals surface area contributed by atoms with E-state index in [1.165, 1.54) is 24.8 Å². The number of nitrogens with one attached hydrogen (secondary N) is 1. The predicted molar refractivity (Wildman–Crippen MR) is 171 cm³/mol. The molecule has 46 heavy (non-hydrogen) atoms. The number of hydrogen-bond donors (Lipinski definition) is 1. The van der Waals surface area contributed by atoms with Crippen molar-refractivity contribution < 1.29 is 18.7 Å². The molecule has 1 N–H and O–H groups in total. The minimum absolute atomic E-state index is 0.0840. The Hall–Kier alpha value is -4.45. The molecular weight excluding hydrogens is 609 g/mol. The minimum atomic E-state index is -0.393. The number of ether oxygens (including phenoxy) is 2. The first-order valence-electron chi connectivity index (χ1n) is 15.4. The third-order valence-corrected chi connectivity index (χ3v) is 8.83. The Kier molecular flexibility index (Phi) is 8.87. The van der Waals surface area contributed by atoms with Gasteiger partial charge >= 0.3 is 0 Å². The van der Waals surface area contributed by atoms with Crippen LogP contribution >= 0.6 is 11.6 Å². The van der Waals surface area contributed by atoms with Gasteiger partial charge in [-0.05, 0) is 68.8 Å². The van der Waals surface area contributed by atoms with E-state index in [9.17, 15) is 9.18 Å². The summed E-state index contributed by atoms with van der Waals surface area (Å²) in [5.41, 5.74) is 4.31. The molecule has 0 aliphatic carbocycles. The van der Waals surface area contributed by atoms with Crippen molar-refractivity contribution in [1.82, 2.24) is 29.4 Å². The van der Waals surface area contributed by atoms with Crippen molar-refractivity contribution in [2.45, 2.75) is 51.0 Å². The molecular formula is C34H33ClFN7O3. The van der Waals surface area contributed by atoms with Crippen LogP contribution in [0.4, 0.5) is 10.1 Å². The molecule has 1 unspecified atom stereocenters. The molecule has 0 radical (unpaired) electrons. The molecule has 5 aromatic rings. The molecule has 236 valence electrons. The zero-order valence-electron chi connectivity index (χ0n) is 25.1. The predicted octanol–water partition coefficient (Wildman–Crippen LogP) is 6.01. The van der Waals surface area contributed by atoms with Crippen LogP contribution in [0.5, 0.6) is 5.88 Å². The van der Waals surface area contributed by atoms with Gasteiger partial charge in [0.15, 0.2) is 0 Å². The van der Waals surface area contributed by atoms with E-state index in [2.05, 4.69) is 24.8 Å². The van der Waals surface area contributed by atoms with E-state index in [0.717, 1.165) is 68.1 Å². The maximum Gasteiger partial charge on any atom is 0.258 e. The smallest absolute Gasteiger partial charge is 0.258 e. The highest BCUT2D eigenvalue weighted by atomic mass is 35.5. The lowest BCUT2D eigenvalue weighted by Crippen LogP contribution is -2.35. The Morgan fingerprint density at radius 2 is 1.87 bits per heavy atom. The van der Waals surface area contributed by atoms with Crippen LogP contribution in [0.25, 0.3) is 11.0 Å². The summed E-state index contributed by atoms with van der Waals surface area (Å²) in [5, 5.41) is 3.28. The average molecular weight is 642 g/mol. The van der Waals surface area contributed by atoms with Gasteiger partial charge in [-0.25, -0.2) is 24.3 Å². The zero-order valence-corrected chi connectivity index (χ0v) is 25.9. The van der Waals surface area contributed by atoms with Gasteiger partial charge in [-0.3, -0.25) is 9.69 Å². The molecule has 2 aliphatic heterocycles. The van der Waals surface area contributed by atoms with Gasteiger partial charge in [-0.15, -0.1) is 0 Å². The quantitative estimate of drug-likeness (QED) is 0.198. The number of imidazole rings is 1. The summed E-state index contributed by atoms with van der Waals surface area (Å²) in [6.45, 7) is 4.12. The Morgan fingerprint density at radius 3 is 2.63 bits per heavy atom. The number of anilines is 1. The van der Waals surface area contributed by atoms with Gasteiger partial charge < -0.3 is 19.4 Å². The number of aromatic nitrogens is 5. The van der Waals surface area contributed by atoms with E-state index < -0.39 is 5.82 Å². The molecule has 2 saturated heterocycles. The number of hydrogen-bond acceptors (Lipinski definition) is 8. The normalized spacial score (nSPS) is 17.1. The monoisotopic (exact) mass is 641 g/mol. The summed E-state index contributed by atoms with van der Waals surface area (Å²) in [4.78, 5) is 32.7. The van der Waals surface area contributed by atoms with Crippen LogP contribution in [-0.4, -0.2) is 61.1 Å². The van der Waals surface area contributed by atoms with E-state index in [-0.39, 0.29) is 18.6 Å². The average Bonchev–Trinajstić information content (AvgIpc) is 3.38. The summed E-state index contributed by atoms with van der Waals surface area (Å²) < 4.78 is 28.0. The van der Waals surface area contributed by atoms with E-state index >= 15 is 0 Å². The number of halogens is 2. The number of amides is 1. The summed E-state index contributed by atoms with van der Waals surface area (Å²) in [6, 6.07) is 16.2. The molecule has 12 heteroatoms. The van der Waals surface area contributed by atoms with Crippen LogP contribution in [0.2, 0.25) is 5.02 Å². The van der Waals surface area contributed by atoms with Crippen LogP contribution in [0, 0.1) is 5.82 Å². The number of carbonyl (C=O) groups is 1. The van der Waals surface area contributed by atoms with E-state index in [4.69, 9.17) is 31.0 Å². The second-order valence-electron chi connectivity index (χ2n) is 11.7. The summed E-state index contributed by atoms with van der Waals surface area (Å²) in [7, 11) is 0. The largest absolute Gasteiger partial charge is 0.473 e. The third-order valence-electron chi connectivity index (χ3n) is 8.59. The number of carbonyl (C=O) groups excluding carboxylic acids is 1. The lowest BCUT2D eigenvalue weighted by atomic mass is 9.93. The van der Waals surface area contributed by atoms with Gasteiger partial charge in [0.1, 0.15) is 24.6 Å². The van der Waals surface area contributed by atoms with Crippen LogP contribution in [0.15, 0.2) is 73.3 Å². The summed E-state index contributed by atoms with van der Waals surface area (Å²) in [6.07, 6.45) is 7.48. The fourth-order valence-corrected chi connectivity index (χ4v) is 6.11. The second kappa shape index (κ2) is 13.5. The van der Waals surface area contributed by atoms with Gasteiger partial charge in [0.05, 0.1) is 35.8 Å². The zero-order chi connectivity index (χ0) is 31.5. The van der Waals surface area contributed by atoms with E-state index in [1.54, 1.807) is 18.2 Å². The molecule has 1 amide bonds. The second-order valence-corrected chi connectivity index (χ2v) is 12.1. The van der Waals surface area contributed by atoms with Gasteiger partial charge in [0.25, 0.3) is 5.91 Å². The third kappa shape index (κ3) is 6.86. The SMILES string of the molecule is O=C(Nc1ccc2c(c1)nc(CN1CCC(c3cccc(OCc4ccc(Cl)cc4F)n3)CC1)n2CC1CCO1)c1cncnc1. The topological polar surface area (TPSA) is 107 Å². The van der Waals surface area contributed by atoms with Gasteiger partial charge in [0.2, 0.25) is 5.88 Å². The molecule has 0 bridgehead atoms. The highest BCUT2D eigenvalue weighted by molar-refractivity contribution is 6.30. The van der Waals surface area contributed by atoms with Crippen LogP contribution in [0.1, 0.15) is 52.6 Å². The standard InChI is InChI=1S/C34H33ClFN7O3/c35-25-5-4-23(28(36)14-25)20-46-33-3-1-2-29(41-33)22-8-11-42(12-9-22)19-32-40-30-15-26(39-34(44)24-16-37-21-38-17-24)6-7-31(30)43(32)18-27-10-13-45-27/h1-7,14-17,21-22,27H,8-13,18-20H2,(H,39,44). The fourth-order valence-electron chi connectivity index (χ4n) is 5.95. The Bertz CT molecular complexity index is 1840. The maximum atomic E-state index is 14.2. The van der Waals surface area contributed by atoms with Gasteiger partial charge in [-0.1, -0.05) is 23.7 Å². The molecule has 1 atom stereocenters. The maximum absolute atomic E-state index is 14.2. The Balaban J connectivity index is 1.01. The molecule has 2 fully saturated rings. The fraction of sp³-hybridized carbons (Fsp3) is 0.324.